The zero-order valence-corrected chi connectivity index (χ0v) is 14.3. The Morgan fingerprint density at radius 2 is 2.33 bits per heavy atom. The summed E-state index contributed by atoms with van der Waals surface area (Å²) < 4.78 is 0. The molecule has 126 valence electrons. The molecule has 0 aliphatic carbocycles. The molecular weight excluding hydrogens is 326 g/mol. The Morgan fingerprint density at radius 1 is 1.50 bits per heavy atom. The lowest BCUT2D eigenvalue weighted by Gasteiger charge is -2.26. The number of allylic oxidation sites excluding steroid dienone is 1. The minimum absolute atomic E-state index is 0.167. The van der Waals surface area contributed by atoms with Crippen LogP contribution < -0.4 is 21.3 Å². The monoisotopic (exact) mass is 345 g/mol. The van der Waals surface area contributed by atoms with E-state index in [9.17, 15) is 9.59 Å². The molecule has 0 radical (unpaired) electrons. The van der Waals surface area contributed by atoms with E-state index in [1.807, 2.05) is 31.4 Å². The Morgan fingerprint density at radius 3 is 3.04 bits per heavy atom. The van der Waals surface area contributed by atoms with Gasteiger partial charge in [0.15, 0.2) is 0 Å². The molecule has 24 heavy (non-hydrogen) atoms. The maximum Gasteiger partial charge on any atom is 0.263 e. The molecular formula is C16H19N5O2S. The van der Waals surface area contributed by atoms with Gasteiger partial charge >= 0.3 is 0 Å². The van der Waals surface area contributed by atoms with E-state index in [-0.39, 0.29) is 11.5 Å². The normalized spacial score (nSPS) is 16.7. The van der Waals surface area contributed by atoms with Crippen LogP contribution in [0.1, 0.15) is 35.6 Å². The van der Waals surface area contributed by atoms with E-state index >= 15 is 0 Å². The Kier molecular flexibility index (Phi) is 4.66. The van der Waals surface area contributed by atoms with Gasteiger partial charge in [0.2, 0.25) is 5.95 Å². The van der Waals surface area contributed by atoms with Gasteiger partial charge in [-0.1, -0.05) is 19.4 Å². The average Bonchev–Trinajstić information content (AvgIpc) is 3.17. The van der Waals surface area contributed by atoms with Crippen LogP contribution in [0.5, 0.6) is 0 Å². The van der Waals surface area contributed by atoms with Crippen molar-refractivity contribution >= 4 is 23.2 Å². The Balaban J connectivity index is 1.84. The summed E-state index contributed by atoms with van der Waals surface area (Å²) in [7, 11) is 0. The summed E-state index contributed by atoms with van der Waals surface area (Å²) in [4.78, 5) is 32.0. The van der Waals surface area contributed by atoms with Crippen LogP contribution >= 0.6 is 11.3 Å². The number of aryl methyl sites for hydroxylation is 1. The van der Waals surface area contributed by atoms with Crippen LogP contribution in [0, 0.1) is 0 Å². The van der Waals surface area contributed by atoms with Gasteiger partial charge in [-0.15, -0.1) is 11.3 Å². The van der Waals surface area contributed by atoms with Crippen molar-refractivity contribution in [3.8, 4) is 0 Å². The second-order valence-electron chi connectivity index (χ2n) is 5.54. The summed E-state index contributed by atoms with van der Waals surface area (Å²) in [5, 5.41) is 6.44. The number of hydrazine groups is 1. The van der Waals surface area contributed by atoms with Crippen LogP contribution in [0.3, 0.4) is 0 Å². The first-order valence-electron chi connectivity index (χ1n) is 7.75. The standard InChI is InChI=1S/C16H19N5O2S/c1-3-5-11-9-14(22)19-16(17-11)21-13(8-10(2)20-21)18-15(23)12-6-4-7-24-12/h4,6-9,13,20H,3,5H2,1-2H3,(H,18,23)(H,17,19,22). The number of carbonyl (C=O) groups is 1. The van der Waals surface area contributed by atoms with Crippen molar-refractivity contribution in [3.63, 3.8) is 0 Å². The Bertz CT molecular complexity index is 812. The predicted octanol–water partition coefficient (Wildman–Crippen LogP) is 1.77. The number of amides is 1. The van der Waals surface area contributed by atoms with Crippen molar-refractivity contribution in [1.82, 2.24) is 20.7 Å². The van der Waals surface area contributed by atoms with E-state index in [2.05, 4.69) is 20.7 Å². The van der Waals surface area contributed by atoms with Crippen molar-refractivity contribution in [3.05, 3.63) is 56.3 Å². The number of thiophene rings is 1. The summed E-state index contributed by atoms with van der Waals surface area (Å²) in [5.74, 6) is 0.218. The van der Waals surface area contributed by atoms with E-state index in [1.54, 1.807) is 11.1 Å². The number of carbonyl (C=O) groups excluding carboxylic acids is 1. The second-order valence-corrected chi connectivity index (χ2v) is 6.49. The first-order valence-corrected chi connectivity index (χ1v) is 8.63. The van der Waals surface area contributed by atoms with Crippen LogP contribution in [-0.4, -0.2) is 22.0 Å². The maximum absolute atomic E-state index is 12.3. The van der Waals surface area contributed by atoms with Crippen LogP contribution in [-0.2, 0) is 6.42 Å². The minimum Gasteiger partial charge on any atom is -0.326 e. The van der Waals surface area contributed by atoms with Gasteiger partial charge in [0.25, 0.3) is 11.5 Å². The minimum atomic E-state index is -0.431. The molecule has 0 fully saturated rings. The molecule has 1 unspecified atom stereocenters. The average molecular weight is 345 g/mol. The van der Waals surface area contributed by atoms with E-state index in [0.717, 1.165) is 24.2 Å². The largest absolute Gasteiger partial charge is 0.326 e. The SMILES string of the molecule is CCCc1cc(=O)[nH]c(N2NC(C)=CC2NC(=O)c2cccs2)n1. The Labute approximate surface area is 143 Å². The fourth-order valence-electron chi connectivity index (χ4n) is 2.50. The quantitative estimate of drug-likeness (QED) is 0.768. The first kappa shape index (κ1) is 16.3. The predicted molar refractivity (Wildman–Crippen MR) is 93.8 cm³/mol. The third-order valence-electron chi connectivity index (χ3n) is 3.52. The van der Waals surface area contributed by atoms with Gasteiger partial charge in [-0.05, 0) is 30.9 Å². The first-order chi connectivity index (χ1) is 11.6. The summed E-state index contributed by atoms with van der Waals surface area (Å²) >= 11 is 1.38. The lowest BCUT2D eigenvalue weighted by atomic mass is 10.2. The van der Waals surface area contributed by atoms with E-state index in [0.29, 0.717) is 10.8 Å². The Hall–Kier alpha value is -2.61. The summed E-state index contributed by atoms with van der Waals surface area (Å²) in [6.07, 6.45) is 3.07. The van der Waals surface area contributed by atoms with E-state index < -0.39 is 6.17 Å². The van der Waals surface area contributed by atoms with Crippen molar-refractivity contribution in [2.75, 3.05) is 5.01 Å². The summed E-state index contributed by atoms with van der Waals surface area (Å²) in [5.41, 5.74) is 4.51. The number of aromatic amines is 1. The smallest absolute Gasteiger partial charge is 0.263 e. The van der Waals surface area contributed by atoms with Gasteiger partial charge in [-0.3, -0.25) is 20.0 Å². The van der Waals surface area contributed by atoms with Crippen molar-refractivity contribution in [1.29, 1.82) is 0 Å². The van der Waals surface area contributed by atoms with Crippen LogP contribution in [0.2, 0.25) is 0 Å². The number of anilines is 1. The van der Waals surface area contributed by atoms with Crippen LogP contribution in [0.25, 0.3) is 0 Å². The number of hydrogen-bond acceptors (Lipinski definition) is 6. The fourth-order valence-corrected chi connectivity index (χ4v) is 3.13. The number of nitrogens with zero attached hydrogens (tertiary/aromatic N) is 2. The van der Waals surface area contributed by atoms with Gasteiger partial charge in [0, 0.05) is 17.5 Å². The lowest BCUT2D eigenvalue weighted by Crippen LogP contribution is -2.50. The molecule has 2 aromatic heterocycles. The molecule has 7 nitrogen and oxygen atoms in total. The molecule has 3 heterocycles. The molecule has 2 aromatic rings. The van der Waals surface area contributed by atoms with Gasteiger partial charge in [-0.2, -0.15) is 0 Å². The van der Waals surface area contributed by atoms with Gasteiger partial charge < -0.3 is 5.32 Å². The van der Waals surface area contributed by atoms with E-state index in [4.69, 9.17) is 0 Å². The fraction of sp³-hybridized carbons (Fsp3) is 0.312. The van der Waals surface area contributed by atoms with Gasteiger partial charge in [-0.25, -0.2) is 9.99 Å². The molecule has 0 spiro atoms. The molecule has 0 saturated heterocycles. The highest BCUT2D eigenvalue weighted by atomic mass is 32.1. The molecule has 0 aromatic carbocycles. The topological polar surface area (TPSA) is 90.1 Å². The lowest BCUT2D eigenvalue weighted by molar-refractivity contribution is 0.0947. The highest BCUT2D eigenvalue weighted by molar-refractivity contribution is 7.12. The maximum atomic E-state index is 12.3. The van der Waals surface area contributed by atoms with Crippen molar-refractivity contribution in [2.45, 2.75) is 32.9 Å². The number of aromatic nitrogens is 2. The van der Waals surface area contributed by atoms with E-state index in [1.165, 1.54) is 17.4 Å². The number of rotatable bonds is 5. The highest BCUT2D eigenvalue weighted by Gasteiger charge is 2.27. The molecule has 3 N–H and O–H groups in total. The zero-order valence-electron chi connectivity index (χ0n) is 13.5. The summed E-state index contributed by atoms with van der Waals surface area (Å²) in [6.45, 7) is 3.92. The van der Waals surface area contributed by atoms with Crippen molar-refractivity contribution < 1.29 is 4.79 Å². The molecule has 3 rings (SSSR count). The van der Waals surface area contributed by atoms with Crippen LogP contribution in [0.15, 0.2) is 40.1 Å². The van der Waals surface area contributed by atoms with Gasteiger partial charge in [0.05, 0.1) is 4.88 Å². The molecule has 1 atom stereocenters. The number of hydrogen-bond donors (Lipinski definition) is 3. The number of nitrogens with one attached hydrogen (secondary N) is 3. The third kappa shape index (κ3) is 3.48. The van der Waals surface area contributed by atoms with Gasteiger partial charge in [0.1, 0.15) is 6.17 Å². The third-order valence-corrected chi connectivity index (χ3v) is 4.39. The number of H-pyrrole nitrogens is 1. The second kappa shape index (κ2) is 6.88. The molecule has 0 bridgehead atoms. The van der Waals surface area contributed by atoms with Crippen LogP contribution in [0.4, 0.5) is 5.95 Å². The summed E-state index contributed by atoms with van der Waals surface area (Å²) in [6, 6.07) is 5.10. The molecule has 8 heteroatoms. The molecule has 0 saturated carbocycles. The molecule has 1 amide bonds. The zero-order chi connectivity index (χ0) is 17.1. The van der Waals surface area contributed by atoms with Crippen molar-refractivity contribution in [2.24, 2.45) is 0 Å². The highest BCUT2D eigenvalue weighted by Crippen LogP contribution is 2.17. The molecule has 1 aliphatic heterocycles. The molecule has 1 aliphatic rings.